The summed E-state index contributed by atoms with van der Waals surface area (Å²) in [6.07, 6.45) is 1.26. The summed E-state index contributed by atoms with van der Waals surface area (Å²) >= 11 is 2.11. The third-order valence-corrected chi connectivity index (χ3v) is 5.02. The zero-order valence-electron chi connectivity index (χ0n) is 11.9. The molecule has 0 saturated carbocycles. The van der Waals surface area contributed by atoms with E-state index in [2.05, 4.69) is 35.7 Å². The molecular formula is C15H24N2OS. The number of nitrogens with zero attached hydrogens (tertiary/aromatic N) is 1. The van der Waals surface area contributed by atoms with Crippen LogP contribution in [0.25, 0.3) is 0 Å². The molecule has 106 valence electrons. The van der Waals surface area contributed by atoms with E-state index >= 15 is 0 Å². The number of hydrogen-bond acceptors (Lipinski definition) is 4. The number of benzene rings is 1. The average molecular weight is 280 g/mol. The van der Waals surface area contributed by atoms with Crippen molar-refractivity contribution >= 4 is 11.8 Å². The summed E-state index contributed by atoms with van der Waals surface area (Å²) in [5, 5.41) is 0.793. The number of methoxy groups -OCH3 is 1. The van der Waals surface area contributed by atoms with Gasteiger partial charge in [-0.2, -0.15) is 11.8 Å². The van der Waals surface area contributed by atoms with Crippen molar-refractivity contribution in [3.8, 4) is 5.75 Å². The minimum absolute atomic E-state index is 0.532. The Morgan fingerprint density at radius 3 is 3.00 bits per heavy atom. The van der Waals surface area contributed by atoms with Gasteiger partial charge in [0, 0.05) is 42.7 Å². The van der Waals surface area contributed by atoms with Crippen LogP contribution in [0.1, 0.15) is 24.5 Å². The van der Waals surface area contributed by atoms with Crippen LogP contribution < -0.4 is 10.5 Å². The molecule has 1 aliphatic heterocycles. The van der Waals surface area contributed by atoms with E-state index < -0.39 is 0 Å². The molecule has 2 rings (SSSR count). The van der Waals surface area contributed by atoms with E-state index in [4.69, 9.17) is 10.5 Å². The smallest absolute Gasteiger partial charge is 0.123 e. The van der Waals surface area contributed by atoms with Crippen molar-refractivity contribution in [3.05, 3.63) is 29.3 Å². The molecule has 1 aromatic carbocycles. The van der Waals surface area contributed by atoms with Crippen LogP contribution in [0.15, 0.2) is 18.2 Å². The van der Waals surface area contributed by atoms with Crippen LogP contribution in [0, 0.1) is 0 Å². The lowest BCUT2D eigenvalue weighted by Gasteiger charge is -2.32. The Balaban J connectivity index is 2.02. The van der Waals surface area contributed by atoms with Gasteiger partial charge < -0.3 is 10.5 Å². The fourth-order valence-corrected chi connectivity index (χ4v) is 3.77. The highest BCUT2D eigenvalue weighted by molar-refractivity contribution is 8.00. The molecule has 2 N–H and O–H groups in total. The van der Waals surface area contributed by atoms with Gasteiger partial charge in [0.15, 0.2) is 0 Å². The highest BCUT2D eigenvalue weighted by Crippen LogP contribution is 2.24. The second-order valence-corrected chi connectivity index (χ2v) is 6.39. The summed E-state index contributed by atoms with van der Waals surface area (Å²) in [5.74, 6) is 2.14. The molecule has 0 spiro atoms. The van der Waals surface area contributed by atoms with E-state index in [1.807, 2.05) is 6.07 Å². The Kier molecular flexibility index (Phi) is 5.55. The largest absolute Gasteiger partial charge is 0.496 e. The molecule has 4 heteroatoms. The first kappa shape index (κ1) is 14.7. The third-order valence-electron chi connectivity index (χ3n) is 3.65. The summed E-state index contributed by atoms with van der Waals surface area (Å²) in [7, 11) is 1.70. The third kappa shape index (κ3) is 3.88. The Bertz CT molecular complexity index is 411. The average Bonchev–Trinajstić information content (AvgIpc) is 2.47. The van der Waals surface area contributed by atoms with E-state index in [0.717, 1.165) is 23.1 Å². The number of thioether (sulfide) groups is 1. The summed E-state index contributed by atoms with van der Waals surface area (Å²) in [6.45, 7) is 6.22. The zero-order chi connectivity index (χ0) is 13.7. The number of ether oxygens (including phenoxy) is 1. The van der Waals surface area contributed by atoms with Gasteiger partial charge in [0.1, 0.15) is 5.75 Å². The Morgan fingerprint density at radius 2 is 2.32 bits per heavy atom. The van der Waals surface area contributed by atoms with Gasteiger partial charge in [0.05, 0.1) is 7.11 Å². The van der Waals surface area contributed by atoms with Gasteiger partial charge in [0.25, 0.3) is 0 Å². The second-order valence-electron chi connectivity index (χ2n) is 4.99. The fraction of sp³-hybridized carbons (Fsp3) is 0.600. The van der Waals surface area contributed by atoms with Crippen LogP contribution in [-0.4, -0.2) is 36.1 Å². The van der Waals surface area contributed by atoms with Crippen LogP contribution in [0.2, 0.25) is 0 Å². The molecular weight excluding hydrogens is 256 g/mol. The standard InChI is InChI=1S/C15H24N2OS/c1-3-14-11-17(6-7-19-14)10-12-4-5-15(18-2)13(8-12)9-16/h4-5,8,14H,3,6-7,9-11,16H2,1-2H3. The van der Waals surface area contributed by atoms with Crippen LogP contribution >= 0.6 is 11.8 Å². The summed E-state index contributed by atoms with van der Waals surface area (Å²) in [6, 6.07) is 6.37. The van der Waals surface area contributed by atoms with Crippen molar-refractivity contribution in [1.29, 1.82) is 0 Å². The SMILES string of the molecule is CCC1CN(Cc2ccc(OC)c(CN)c2)CCS1. The van der Waals surface area contributed by atoms with Crippen molar-refractivity contribution in [3.63, 3.8) is 0 Å². The van der Waals surface area contributed by atoms with Gasteiger partial charge >= 0.3 is 0 Å². The maximum atomic E-state index is 5.77. The van der Waals surface area contributed by atoms with Gasteiger partial charge in [-0.3, -0.25) is 4.90 Å². The van der Waals surface area contributed by atoms with Crippen LogP contribution in [-0.2, 0) is 13.1 Å². The lowest BCUT2D eigenvalue weighted by Crippen LogP contribution is -2.37. The molecule has 1 heterocycles. The Morgan fingerprint density at radius 1 is 1.47 bits per heavy atom. The molecule has 3 nitrogen and oxygen atoms in total. The molecule has 0 aliphatic carbocycles. The topological polar surface area (TPSA) is 38.5 Å². The predicted molar refractivity (Wildman–Crippen MR) is 82.7 cm³/mol. The van der Waals surface area contributed by atoms with Crippen LogP contribution in [0.3, 0.4) is 0 Å². The maximum absolute atomic E-state index is 5.77. The minimum atomic E-state index is 0.532. The molecule has 0 radical (unpaired) electrons. The normalized spacial score (nSPS) is 20.5. The van der Waals surface area contributed by atoms with Gasteiger partial charge in [-0.15, -0.1) is 0 Å². The van der Waals surface area contributed by atoms with Crippen molar-refractivity contribution < 1.29 is 4.74 Å². The van der Waals surface area contributed by atoms with E-state index in [0.29, 0.717) is 6.54 Å². The predicted octanol–water partition coefficient (Wildman–Crippen LogP) is 2.48. The summed E-state index contributed by atoms with van der Waals surface area (Å²) in [5.41, 5.74) is 8.21. The zero-order valence-corrected chi connectivity index (χ0v) is 12.7. The minimum Gasteiger partial charge on any atom is -0.496 e. The molecule has 1 atom stereocenters. The molecule has 0 amide bonds. The molecule has 1 unspecified atom stereocenters. The second kappa shape index (κ2) is 7.17. The Labute approximate surface area is 120 Å². The van der Waals surface area contributed by atoms with Gasteiger partial charge in [0.2, 0.25) is 0 Å². The maximum Gasteiger partial charge on any atom is 0.123 e. The quantitative estimate of drug-likeness (QED) is 0.899. The lowest BCUT2D eigenvalue weighted by molar-refractivity contribution is 0.273. The van der Waals surface area contributed by atoms with Gasteiger partial charge in [-0.05, 0) is 24.1 Å². The molecule has 1 aliphatic rings. The monoisotopic (exact) mass is 280 g/mol. The lowest BCUT2D eigenvalue weighted by atomic mass is 10.1. The van der Waals surface area contributed by atoms with E-state index in [1.54, 1.807) is 7.11 Å². The van der Waals surface area contributed by atoms with Gasteiger partial charge in [-0.1, -0.05) is 13.0 Å². The molecule has 19 heavy (non-hydrogen) atoms. The van der Waals surface area contributed by atoms with Crippen molar-refractivity contribution in [2.45, 2.75) is 31.7 Å². The summed E-state index contributed by atoms with van der Waals surface area (Å²) in [4.78, 5) is 2.55. The first-order valence-corrected chi connectivity index (χ1v) is 8.01. The highest BCUT2D eigenvalue weighted by atomic mass is 32.2. The number of rotatable bonds is 5. The Hall–Kier alpha value is -0.710. The van der Waals surface area contributed by atoms with E-state index in [-0.39, 0.29) is 0 Å². The van der Waals surface area contributed by atoms with Gasteiger partial charge in [-0.25, -0.2) is 0 Å². The first-order chi connectivity index (χ1) is 9.26. The fourth-order valence-electron chi connectivity index (χ4n) is 2.52. The molecule has 1 saturated heterocycles. The molecule has 1 fully saturated rings. The number of nitrogens with two attached hydrogens (primary N) is 1. The van der Waals surface area contributed by atoms with Crippen LogP contribution in [0.5, 0.6) is 5.75 Å². The first-order valence-electron chi connectivity index (χ1n) is 6.96. The van der Waals surface area contributed by atoms with Crippen molar-refractivity contribution in [1.82, 2.24) is 4.90 Å². The summed E-state index contributed by atoms with van der Waals surface area (Å²) < 4.78 is 5.32. The van der Waals surface area contributed by atoms with Crippen molar-refractivity contribution in [2.75, 3.05) is 26.0 Å². The molecule has 0 aromatic heterocycles. The van der Waals surface area contributed by atoms with Crippen LogP contribution in [0.4, 0.5) is 0 Å². The van der Waals surface area contributed by atoms with Crippen molar-refractivity contribution in [2.24, 2.45) is 5.73 Å². The number of hydrogen-bond donors (Lipinski definition) is 1. The van der Waals surface area contributed by atoms with E-state index in [9.17, 15) is 0 Å². The highest BCUT2D eigenvalue weighted by Gasteiger charge is 2.19. The van der Waals surface area contributed by atoms with E-state index in [1.165, 1.54) is 30.8 Å². The molecule has 0 bridgehead atoms. The molecule has 1 aromatic rings.